The molecule has 0 bridgehead atoms. The second kappa shape index (κ2) is 6.14. The van der Waals surface area contributed by atoms with E-state index in [1.165, 1.54) is 0 Å². The van der Waals surface area contributed by atoms with E-state index in [4.69, 9.17) is 5.73 Å². The van der Waals surface area contributed by atoms with Gasteiger partial charge in [0.2, 0.25) is 0 Å². The van der Waals surface area contributed by atoms with Crippen LogP contribution in [0.1, 0.15) is 35.0 Å². The van der Waals surface area contributed by atoms with Gasteiger partial charge in [-0.15, -0.1) is 0 Å². The number of aryl methyl sites for hydroxylation is 2. The maximum atomic E-state index is 12.2. The van der Waals surface area contributed by atoms with E-state index in [0.717, 1.165) is 24.1 Å². The van der Waals surface area contributed by atoms with Gasteiger partial charge in [0, 0.05) is 17.5 Å². The molecule has 104 valence electrons. The van der Waals surface area contributed by atoms with Crippen LogP contribution in [0, 0.1) is 6.92 Å². The molecule has 2 heterocycles. The van der Waals surface area contributed by atoms with Crippen molar-refractivity contribution in [2.24, 2.45) is 0 Å². The summed E-state index contributed by atoms with van der Waals surface area (Å²) in [6, 6.07) is 7.03. The first-order chi connectivity index (χ1) is 9.58. The van der Waals surface area contributed by atoms with E-state index in [1.54, 1.807) is 18.3 Å². The van der Waals surface area contributed by atoms with Crippen molar-refractivity contribution in [3.63, 3.8) is 0 Å². The molecule has 0 radical (unpaired) electrons. The van der Waals surface area contributed by atoms with Crippen molar-refractivity contribution in [1.29, 1.82) is 0 Å². The van der Waals surface area contributed by atoms with Gasteiger partial charge in [-0.2, -0.15) is 0 Å². The SMILES string of the molecule is CCCc1cc(C(=O)Nc2cc(C)ccn2)cc(N)n1. The van der Waals surface area contributed by atoms with Crippen LogP contribution in [0.15, 0.2) is 30.5 Å². The zero-order valence-corrected chi connectivity index (χ0v) is 11.7. The molecule has 2 aromatic rings. The highest BCUT2D eigenvalue weighted by atomic mass is 16.1. The Balaban J connectivity index is 2.20. The van der Waals surface area contributed by atoms with Crippen LogP contribution in [0.25, 0.3) is 0 Å². The fourth-order valence-electron chi connectivity index (χ4n) is 1.92. The normalized spacial score (nSPS) is 10.3. The topological polar surface area (TPSA) is 80.9 Å². The van der Waals surface area contributed by atoms with Crippen molar-refractivity contribution in [1.82, 2.24) is 9.97 Å². The third-order valence-corrected chi connectivity index (χ3v) is 2.82. The van der Waals surface area contributed by atoms with E-state index in [2.05, 4.69) is 22.2 Å². The van der Waals surface area contributed by atoms with E-state index in [0.29, 0.717) is 17.2 Å². The zero-order valence-electron chi connectivity index (χ0n) is 11.7. The number of nitrogens with two attached hydrogens (primary N) is 1. The number of carbonyl (C=O) groups is 1. The summed E-state index contributed by atoms with van der Waals surface area (Å²) >= 11 is 0. The fraction of sp³-hybridized carbons (Fsp3) is 0.267. The minimum atomic E-state index is -0.227. The molecule has 1 amide bonds. The number of rotatable bonds is 4. The minimum Gasteiger partial charge on any atom is -0.384 e. The summed E-state index contributed by atoms with van der Waals surface area (Å²) in [6.07, 6.45) is 3.42. The molecule has 0 fully saturated rings. The number of aromatic nitrogens is 2. The highest BCUT2D eigenvalue weighted by Crippen LogP contribution is 2.12. The van der Waals surface area contributed by atoms with Crippen molar-refractivity contribution < 1.29 is 4.79 Å². The Morgan fingerprint density at radius 2 is 2.15 bits per heavy atom. The van der Waals surface area contributed by atoms with E-state index in [9.17, 15) is 4.79 Å². The maximum Gasteiger partial charge on any atom is 0.257 e. The van der Waals surface area contributed by atoms with Crippen LogP contribution in [0.2, 0.25) is 0 Å². The average Bonchev–Trinajstić information content (AvgIpc) is 2.38. The number of hydrogen-bond acceptors (Lipinski definition) is 4. The van der Waals surface area contributed by atoms with Gasteiger partial charge in [0.05, 0.1) is 0 Å². The third-order valence-electron chi connectivity index (χ3n) is 2.82. The maximum absolute atomic E-state index is 12.2. The molecule has 0 aliphatic carbocycles. The first-order valence-electron chi connectivity index (χ1n) is 6.59. The van der Waals surface area contributed by atoms with E-state index >= 15 is 0 Å². The highest BCUT2D eigenvalue weighted by Gasteiger charge is 2.10. The predicted octanol–water partition coefficient (Wildman–Crippen LogP) is 2.57. The van der Waals surface area contributed by atoms with E-state index in [-0.39, 0.29) is 5.91 Å². The smallest absolute Gasteiger partial charge is 0.257 e. The highest BCUT2D eigenvalue weighted by molar-refractivity contribution is 6.04. The molecule has 0 saturated carbocycles. The fourth-order valence-corrected chi connectivity index (χ4v) is 1.92. The van der Waals surface area contributed by atoms with Crippen molar-refractivity contribution in [2.45, 2.75) is 26.7 Å². The molecule has 2 rings (SSSR count). The number of pyridine rings is 2. The second-order valence-corrected chi connectivity index (χ2v) is 4.69. The number of nitrogen functional groups attached to an aromatic ring is 1. The van der Waals surface area contributed by atoms with Gasteiger partial charge < -0.3 is 11.1 Å². The number of amides is 1. The van der Waals surface area contributed by atoms with Crippen LogP contribution >= 0.6 is 0 Å². The lowest BCUT2D eigenvalue weighted by Crippen LogP contribution is -2.14. The van der Waals surface area contributed by atoms with Crippen LogP contribution in [0.5, 0.6) is 0 Å². The Morgan fingerprint density at radius 3 is 2.85 bits per heavy atom. The Morgan fingerprint density at radius 1 is 1.35 bits per heavy atom. The first-order valence-corrected chi connectivity index (χ1v) is 6.59. The number of hydrogen-bond donors (Lipinski definition) is 2. The molecular weight excluding hydrogens is 252 g/mol. The number of nitrogens with one attached hydrogen (secondary N) is 1. The summed E-state index contributed by atoms with van der Waals surface area (Å²) in [5, 5.41) is 2.76. The van der Waals surface area contributed by atoms with Gasteiger partial charge in [0.1, 0.15) is 11.6 Å². The molecule has 0 unspecified atom stereocenters. The van der Waals surface area contributed by atoms with Crippen LogP contribution < -0.4 is 11.1 Å². The van der Waals surface area contributed by atoms with Crippen LogP contribution in [0.4, 0.5) is 11.6 Å². The third kappa shape index (κ3) is 3.54. The lowest BCUT2D eigenvalue weighted by molar-refractivity contribution is 0.102. The minimum absolute atomic E-state index is 0.227. The largest absolute Gasteiger partial charge is 0.384 e. The molecule has 3 N–H and O–H groups in total. The number of anilines is 2. The molecule has 2 aromatic heterocycles. The van der Waals surface area contributed by atoms with Crippen molar-refractivity contribution in [3.05, 3.63) is 47.3 Å². The van der Waals surface area contributed by atoms with Gasteiger partial charge in [0.25, 0.3) is 5.91 Å². The van der Waals surface area contributed by atoms with E-state index in [1.807, 2.05) is 19.1 Å². The van der Waals surface area contributed by atoms with Crippen molar-refractivity contribution in [2.75, 3.05) is 11.1 Å². The summed E-state index contributed by atoms with van der Waals surface area (Å²) in [5.41, 5.74) is 8.11. The van der Waals surface area contributed by atoms with Crippen LogP contribution in [-0.4, -0.2) is 15.9 Å². The standard InChI is InChI=1S/C15H18N4O/c1-3-4-12-8-11(9-13(16)18-12)15(20)19-14-7-10(2)5-6-17-14/h5-9H,3-4H2,1-2H3,(H2,16,18)(H,17,19,20). The van der Waals surface area contributed by atoms with Gasteiger partial charge in [-0.1, -0.05) is 13.3 Å². The summed E-state index contributed by atoms with van der Waals surface area (Å²) in [7, 11) is 0. The van der Waals surface area contributed by atoms with Crippen molar-refractivity contribution >= 4 is 17.5 Å². The summed E-state index contributed by atoms with van der Waals surface area (Å²) in [5.74, 6) is 0.662. The lowest BCUT2D eigenvalue weighted by Gasteiger charge is -2.07. The molecule has 0 atom stereocenters. The monoisotopic (exact) mass is 270 g/mol. The van der Waals surface area contributed by atoms with Gasteiger partial charge in [-0.3, -0.25) is 4.79 Å². The van der Waals surface area contributed by atoms with Gasteiger partial charge in [-0.25, -0.2) is 9.97 Å². The Bertz CT molecular complexity index is 625. The molecule has 0 spiro atoms. The van der Waals surface area contributed by atoms with Gasteiger partial charge >= 0.3 is 0 Å². The predicted molar refractivity (Wildman–Crippen MR) is 79.6 cm³/mol. The molecule has 0 aliphatic heterocycles. The lowest BCUT2D eigenvalue weighted by atomic mass is 10.1. The van der Waals surface area contributed by atoms with Crippen LogP contribution in [0.3, 0.4) is 0 Å². The number of nitrogens with zero attached hydrogens (tertiary/aromatic N) is 2. The molecule has 0 saturated heterocycles. The van der Waals surface area contributed by atoms with Crippen LogP contribution in [-0.2, 0) is 6.42 Å². The Labute approximate surface area is 118 Å². The zero-order chi connectivity index (χ0) is 14.5. The molecule has 20 heavy (non-hydrogen) atoms. The first kappa shape index (κ1) is 14.0. The Kier molecular flexibility index (Phi) is 4.30. The summed E-state index contributed by atoms with van der Waals surface area (Å²) in [6.45, 7) is 4.00. The number of carbonyl (C=O) groups excluding carboxylic acids is 1. The summed E-state index contributed by atoms with van der Waals surface area (Å²) in [4.78, 5) is 20.5. The Hall–Kier alpha value is -2.43. The second-order valence-electron chi connectivity index (χ2n) is 4.69. The van der Waals surface area contributed by atoms with Crippen molar-refractivity contribution in [3.8, 4) is 0 Å². The van der Waals surface area contributed by atoms with E-state index < -0.39 is 0 Å². The molecular formula is C15H18N4O. The quantitative estimate of drug-likeness (QED) is 0.894. The molecule has 5 nitrogen and oxygen atoms in total. The molecule has 0 aromatic carbocycles. The van der Waals surface area contributed by atoms with Gasteiger partial charge in [-0.05, 0) is 43.2 Å². The molecule has 5 heteroatoms. The average molecular weight is 270 g/mol. The molecule has 0 aliphatic rings. The summed E-state index contributed by atoms with van der Waals surface area (Å²) < 4.78 is 0. The van der Waals surface area contributed by atoms with Gasteiger partial charge in [0.15, 0.2) is 0 Å².